The Hall–Kier alpha value is -0.0831. The van der Waals surface area contributed by atoms with E-state index in [2.05, 4.69) is 39.5 Å². The lowest BCUT2D eigenvalue weighted by molar-refractivity contribution is 0.304. The Morgan fingerprint density at radius 1 is 1.07 bits per heavy atom. The van der Waals surface area contributed by atoms with E-state index in [1.165, 1.54) is 32.1 Å². The Morgan fingerprint density at radius 2 is 1.71 bits per heavy atom. The van der Waals surface area contributed by atoms with Crippen molar-refractivity contribution in [2.24, 2.45) is 0 Å². The van der Waals surface area contributed by atoms with Crippen molar-refractivity contribution in [1.82, 2.24) is 4.90 Å². The van der Waals surface area contributed by atoms with Crippen molar-refractivity contribution in [2.45, 2.75) is 47.1 Å². The molecule has 0 aromatic rings. The molecule has 0 radical (unpaired) electrons. The highest BCUT2D eigenvalue weighted by Crippen LogP contribution is 2.03. The first-order valence-electron chi connectivity index (χ1n) is 5.97. The summed E-state index contributed by atoms with van der Waals surface area (Å²) in [7, 11) is 0.0571. The summed E-state index contributed by atoms with van der Waals surface area (Å²) in [5.74, 6) is 0. The lowest BCUT2D eigenvalue weighted by Gasteiger charge is -2.19. The molecule has 0 aliphatic rings. The lowest BCUT2D eigenvalue weighted by Crippen LogP contribution is -2.26. The molecule has 0 amide bonds. The molecule has 0 saturated carbocycles. The van der Waals surface area contributed by atoms with Gasteiger partial charge in [0.2, 0.25) is 0 Å². The Bertz CT molecular complexity index is 171. The van der Waals surface area contributed by atoms with Crippen LogP contribution in [0.4, 0.5) is 0 Å². The first-order valence-corrected chi connectivity index (χ1v) is 7.67. The molecule has 2 heteroatoms. The van der Waals surface area contributed by atoms with Crippen LogP contribution in [0, 0.1) is 0 Å². The fourth-order valence-electron chi connectivity index (χ4n) is 1.56. The van der Waals surface area contributed by atoms with Crippen LogP contribution in [-0.4, -0.2) is 34.1 Å². The van der Waals surface area contributed by atoms with E-state index in [9.17, 15) is 0 Å². The van der Waals surface area contributed by atoms with Crippen molar-refractivity contribution in [2.75, 3.05) is 19.6 Å². The lowest BCUT2D eigenvalue weighted by atomic mass is 10.3. The summed E-state index contributed by atoms with van der Waals surface area (Å²) in [6.07, 6.45) is 1.29. The van der Waals surface area contributed by atoms with Gasteiger partial charge in [0.15, 0.2) is 0 Å². The van der Waals surface area contributed by atoms with Gasteiger partial charge in [0, 0.05) is 0 Å². The summed E-state index contributed by atoms with van der Waals surface area (Å²) in [4.78, 5) is 2.57. The molecule has 0 bridgehead atoms. The van der Waals surface area contributed by atoms with E-state index in [0.29, 0.717) is 0 Å². The molecule has 1 nitrogen and oxygen atoms in total. The first kappa shape index (κ1) is 13.9. The summed E-state index contributed by atoms with van der Waals surface area (Å²) in [6.45, 7) is 15.2. The largest absolute Gasteiger partial charge is 0.304 e. The minimum absolute atomic E-state index is 0.0571. The number of rotatable bonds is 7. The highest BCUT2D eigenvalue weighted by molar-refractivity contribution is 6.45. The fourth-order valence-corrected chi connectivity index (χ4v) is 3.20. The van der Waals surface area contributed by atoms with E-state index in [0.717, 1.165) is 0 Å². The molecule has 0 atom stereocenters. The normalized spacial score (nSPS) is 11.6. The fraction of sp³-hybridized carbons (Fsp3) is 0.833. The summed E-state index contributed by atoms with van der Waals surface area (Å²) in [5, 5.41) is 1.71. The average molecular weight is 213 g/mol. The van der Waals surface area contributed by atoms with Crippen molar-refractivity contribution < 1.29 is 0 Å². The van der Waals surface area contributed by atoms with E-state index in [-0.39, 0.29) is 9.52 Å². The van der Waals surface area contributed by atoms with Gasteiger partial charge in [-0.25, -0.2) is 0 Å². The molecular weight excluding hydrogens is 186 g/mol. The van der Waals surface area contributed by atoms with E-state index in [1.807, 2.05) is 0 Å². The van der Waals surface area contributed by atoms with Crippen molar-refractivity contribution in [1.29, 1.82) is 0 Å². The van der Waals surface area contributed by atoms with Gasteiger partial charge in [0.25, 0.3) is 0 Å². The molecule has 0 saturated heterocycles. The molecule has 0 unspecified atom stereocenters. The highest BCUT2D eigenvalue weighted by Gasteiger charge is 2.01. The van der Waals surface area contributed by atoms with Crippen LogP contribution < -0.4 is 0 Å². The van der Waals surface area contributed by atoms with Crippen LogP contribution in [-0.2, 0) is 0 Å². The van der Waals surface area contributed by atoms with Gasteiger partial charge in [-0.05, 0) is 52.9 Å². The SMILES string of the molecule is CCCN(CC)CC[SiH2]C(C)=C(C)C. The molecule has 0 fully saturated rings. The second kappa shape index (κ2) is 8.24. The van der Waals surface area contributed by atoms with Crippen LogP contribution in [0.1, 0.15) is 41.0 Å². The van der Waals surface area contributed by atoms with E-state index >= 15 is 0 Å². The molecule has 0 aromatic heterocycles. The molecule has 0 aromatic carbocycles. The van der Waals surface area contributed by atoms with Crippen LogP contribution in [0.2, 0.25) is 6.04 Å². The third kappa shape index (κ3) is 6.38. The second-order valence-electron chi connectivity index (χ2n) is 4.32. The number of hydrogen-bond acceptors (Lipinski definition) is 1. The van der Waals surface area contributed by atoms with E-state index in [1.54, 1.807) is 10.8 Å². The van der Waals surface area contributed by atoms with E-state index < -0.39 is 0 Å². The molecule has 0 aliphatic carbocycles. The molecule has 0 N–H and O–H groups in total. The maximum atomic E-state index is 2.57. The molecular formula is C12H27NSi. The van der Waals surface area contributed by atoms with Gasteiger partial charge < -0.3 is 4.90 Å². The predicted octanol–water partition coefficient (Wildman–Crippen LogP) is 2.62. The summed E-state index contributed by atoms with van der Waals surface area (Å²) in [6, 6.07) is 1.45. The van der Waals surface area contributed by atoms with Crippen LogP contribution in [0.15, 0.2) is 10.8 Å². The molecule has 0 rings (SSSR count). The first-order chi connectivity index (χ1) is 6.61. The summed E-state index contributed by atoms with van der Waals surface area (Å²) in [5.41, 5.74) is 1.55. The van der Waals surface area contributed by atoms with Gasteiger partial charge >= 0.3 is 0 Å². The van der Waals surface area contributed by atoms with Crippen molar-refractivity contribution in [3.8, 4) is 0 Å². The van der Waals surface area contributed by atoms with Crippen LogP contribution in [0.3, 0.4) is 0 Å². The maximum absolute atomic E-state index is 2.57. The van der Waals surface area contributed by atoms with Gasteiger partial charge in [0.05, 0.1) is 9.52 Å². The topological polar surface area (TPSA) is 3.24 Å². The number of hydrogen-bond donors (Lipinski definition) is 0. The van der Waals surface area contributed by atoms with Crippen molar-refractivity contribution >= 4 is 9.52 Å². The third-order valence-electron chi connectivity index (χ3n) is 2.87. The number of nitrogens with zero attached hydrogens (tertiary/aromatic N) is 1. The van der Waals surface area contributed by atoms with Crippen LogP contribution in [0.25, 0.3) is 0 Å². The highest BCUT2D eigenvalue weighted by atomic mass is 28.2. The van der Waals surface area contributed by atoms with Gasteiger partial charge in [-0.15, -0.1) is 0 Å². The van der Waals surface area contributed by atoms with Gasteiger partial charge in [-0.2, -0.15) is 0 Å². The zero-order chi connectivity index (χ0) is 11.0. The van der Waals surface area contributed by atoms with Crippen molar-refractivity contribution in [3.05, 3.63) is 10.8 Å². The van der Waals surface area contributed by atoms with Crippen molar-refractivity contribution in [3.63, 3.8) is 0 Å². The average Bonchev–Trinajstić information content (AvgIpc) is 2.16. The molecule has 14 heavy (non-hydrogen) atoms. The molecule has 0 heterocycles. The Labute approximate surface area is 92.4 Å². The quantitative estimate of drug-likeness (QED) is 0.588. The number of allylic oxidation sites excluding steroid dienone is 2. The predicted molar refractivity (Wildman–Crippen MR) is 69.8 cm³/mol. The second-order valence-corrected chi connectivity index (χ2v) is 6.59. The third-order valence-corrected chi connectivity index (χ3v) is 4.99. The molecule has 84 valence electrons. The molecule has 0 spiro atoms. The van der Waals surface area contributed by atoms with Gasteiger partial charge in [-0.3, -0.25) is 0 Å². The monoisotopic (exact) mass is 213 g/mol. The minimum Gasteiger partial charge on any atom is -0.304 e. The minimum atomic E-state index is 0.0571. The Morgan fingerprint density at radius 3 is 2.14 bits per heavy atom. The standard InChI is InChI=1S/C12H27NSi/c1-6-8-13(7-2)9-10-14-12(5)11(3)4/h6-10,14H2,1-5H3. The van der Waals surface area contributed by atoms with Gasteiger partial charge in [0.1, 0.15) is 0 Å². The maximum Gasteiger partial charge on any atom is 0.0503 e. The Kier molecular flexibility index (Phi) is 8.19. The molecule has 0 aliphatic heterocycles. The smallest absolute Gasteiger partial charge is 0.0503 e. The van der Waals surface area contributed by atoms with E-state index in [4.69, 9.17) is 0 Å². The van der Waals surface area contributed by atoms with Crippen LogP contribution in [0.5, 0.6) is 0 Å². The summed E-state index contributed by atoms with van der Waals surface area (Å²) < 4.78 is 0. The van der Waals surface area contributed by atoms with Crippen LogP contribution >= 0.6 is 0 Å². The zero-order valence-electron chi connectivity index (χ0n) is 10.7. The summed E-state index contributed by atoms with van der Waals surface area (Å²) >= 11 is 0. The van der Waals surface area contributed by atoms with Gasteiger partial charge in [-0.1, -0.05) is 24.6 Å². The zero-order valence-corrected chi connectivity index (χ0v) is 12.1. The Balaban J connectivity index is 3.66.